The fraction of sp³-hybridized carbons (Fsp3) is 0.235. The first-order chi connectivity index (χ1) is 11.2. The summed E-state index contributed by atoms with van der Waals surface area (Å²) in [6.07, 6.45) is 4.01. The molecule has 0 aliphatic carbocycles. The zero-order chi connectivity index (χ0) is 16.2. The standard InChI is InChI=1S/C17H17N3O3/c1-23-11-16(21)19-14-3-2-12-6-9-20(15(12)10-14)17(22)13-4-7-18-8-5-13/h2-5,7-8,10H,6,9,11H2,1H3,(H,19,21). The maximum Gasteiger partial charge on any atom is 0.258 e. The highest BCUT2D eigenvalue weighted by atomic mass is 16.5. The van der Waals surface area contributed by atoms with Crippen LogP contribution in [-0.4, -0.2) is 37.1 Å². The number of carbonyl (C=O) groups excluding carboxylic acids is 2. The first-order valence-corrected chi connectivity index (χ1v) is 7.32. The number of nitrogens with zero attached hydrogens (tertiary/aromatic N) is 2. The zero-order valence-electron chi connectivity index (χ0n) is 12.8. The van der Waals surface area contributed by atoms with Crippen molar-refractivity contribution in [2.24, 2.45) is 0 Å². The number of methoxy groups -OCH3 is 1. The molecule has 0 spiro atoms. The highest BCUT2D eigenvalue weighted by Crippen LogP contribution is 2.32. The van der Waals surface area contributed by atoms with Crippen LogP contribution in [0.1, 0.15) is 15.9 Å². The van der Waals surface area contributed by atoms with Gasteiger partial charge < -0.3 is 15.0 Å². The lowest BCUT2D eigenvalue weighted by Gasteiger charge is -2.18. The van der Waals surface area contributed by atoms with Gasteiger partial charge in [0.15, 0.2) is 0 Å². The predicted octanol–water partition coefficient (Wildman–Crippen LogP) is 1.87. The van der Waals surface area contributed by atoms with Crippen LogP contribution in [0, 0.1) is 0 Å². The third-order valence-electron chi connectivity index (χ3n) is 3.71. The van der Waals surface area contributed by atoms with Gasteiger partial charge in [-0.15, -0.1) is 0 Å². The molecule has 1 N–H and O–H groups in total. The highest BCUT2D eigenvalue weighted by Gasteiger charge is 2.25. The number of ether oxygens (including phenoxy) is 1. The maximum atomic E-state index is 12.6. The molecule has 0 atom stereocenters. The van der Waals surface area contributed by atoms with Gasteiger partial charge in [-0.05, 0) is 36.2 Å². The zero-order valence-corrected chi connectivity index (χ0v) is 12.8. The van der Waals surface area contributed by atoms with E-state index in [4.69, 9.17) is 4.74 Å². The minimum Gasteiger partial charge on any atom is -0.375 e. The van der Waals surface area contributed by atoms with Gasteiger partial charge in [-0.1, -0.05) is 6.07 Å². The number of anilines is 2. The van der Waals surface area contributed by atoms with Crippen molar-refractivity contribution >= 4 is 23.2 Å². The molecule has 2 heterocycles. The van der Waals surface area contributed by atoms with Crippen LogP contribution in [0.25, 0.3) is 0 Å². The molecular weight excluding hydrogens is 294 g/mol. The van der Waals surface area contributed by atoms with Crippen molar-refractivity contribution in [1.29, 1.82) is 0 Å². The molecule has 6 heteroatoms. The molecule has 1 aliphatic heterocycles. The van der Waals surface area contributed by atoms with Gasteiger partial charge in [0, 0.05) is 43.0 Å². The largest absolute Gasteiger partial charge is 0.375 e. The van der Waals surface area contributed by atoms with Gasteiger partial charge in [0.2, 0.25) is 5.91 Å². The van der Waals surface area contributed by atoms with E-state index in [9.17, 15) is 9.59 Å². The number of fused-ring (bicyclic) bond motifs is 1. The third kappa shape index (κ3) is 3.22. The lowest BCUT2D eigenvalue weighted by Crippen LogP contribution is -2.29. The molecule has 0 saturated heterocycles. The van der Waals surface area contributed by atoms with Gasteiger partial charge >= 0.3 is 0 Å². The Morgan fingerprint density at radius 1 is 1.26 bits per heavy atom. The number of amides is 2. The van der Waals surface area contributed by atoms with Crippen LogP contribution >= 0.6 is 0 Å². The van der Waals surface area contributed by atoms with Gasteiger partial charge in [-0.2, -0.15) is 0 Å². The van der Waals surface area contributed by atoms with E-state index in [1.54, 1.807) is 29.4 Å². The monoisotopic (exact) mass is 311 g/mol. The number of pyridine rings is 1. The number of benzene rings is 1. The van der Waals surface area contributed by atoms with E-state index in [0.717, 1.165) is 17.7 Å². The minimum atomic E-state index is -0.225. The van der Waals surface area contributed by atoms with E-state index < -0.39 is 0 Å². The van der Waals surface area contributed by atoms with Crippen LogP contribution in [0.2, 0.25) is 0 Å². The van der Waals surface area contributed by atoms with E-state index in [2.05, 4.69) is 10.3 Å². The van der Waals surface area contributed by atoms with Crippen molar-refractivity contribution < 1.29 is 14.3 Å². The van der Waals surface area contributed by atoms with E-state index in [1.165, 1.54) is 7.11 Å². The Balaban J connectivity index is 1.84. The summed E-state index contributed by atoms with van der Waals surface area (Å²) in [5, 5.41) is 2.76. The van der Waals surface area contributed by atoms with Crippen molar-refractivity contribution in [3.05, 3.63) is 53.9 Å². The number of hydrogen-bond donors (Lipinski definition) is 1. The average molecular weight is 311 g/mol. The normalized spacial score (nSPS) is 12.8. The number of carbonyl (C=O) groups is 2. The van der Waals surface area contributed by atoms with Gasteiger partial charge in [0.25, 0.3) is 5.91 Å². The topological polar surface area (TPSA) is 71.5 Å². The second kappa shape index (κ2) is 6.58. The van der Waals surface area contributed by atoms with Crippen LogP contribution in [-0.2, 0) is 16.0 Å². The van der Waals surface area contributed by atoms with Crippen molar-refractivity contribution in [3.8, 4) is 0 Å². The highest BCUT2D eigenvalue weighted by molar-refractivity contribution is 6.07. The van der Waals surface area contributed by atoms with E-state index in [-0.39, 0.29) is 18.4 Å². The van der Waals surface area contributed by atoms with Gasteiger partial charge in [0.05, 0.1) is 0 Å². The Morgan fingerprint density at radius 2 is 2.04 bits per heavy atom. The van der Waals surface area contributed by atoms with E-state index in [0.29, 0.717) is 17.8 Å². The van der Waals surface area contributed by atoms with Crippen molar-refractivity contribution in [2.45, 2.75) is 6.42 Å². The number of aromatic nitrogens is 1. The van der Waals surface area contributed by atoms with E-state index in [1.807, 2.05) is 18.2 Å². The lowest BCUT2D eigenvalue weighted by atomic mass is 10.1. The smallest absolute Gasteiger partial charge is 0.258 e. The van der Waals surface area contributed by atoms with Crippen molar-refractivity contribution in [1.82, 2.24) is 4.98 Å². The average Bonchev–Trinajstić information content (AvgIpc) is 2.98. The van der Waals surface area contributed by atoms with Gasteiger partial charge in [-0.25, -0.2) is 0 Å². The van der Waals surface area contributed by atoms with Crippen molar-refractivity contribution in [2.75, 3.05) is 30.5 Å². The molecule has 2 aromatic rings. The molecule has 0 radical (unpaired) electrons. The Bertz CT molecular complexity index is 731. The first-order valence-electron chi connectivity index (χ1n) is 7.32. The predicted molar refractivity (Wildman–Crippen MR) is 86.6 cm³/mol. The molecule has 6 nitrogen and oxygen atoms in total. The molecule has 1 aliphatic rings. The molecule has 0 unspecified atom stereocenters. The molecule has 23 heavy (non-hydrogen) atoms. The summed E-state index contributed by atoms with van der Waals surface area (Å²) in [7, 11) is 1.47. The number of nitrogens with one attached hydrogen (secondary N) is 1. The Hall–Kier alpha value is -2.73. The summed E-state index contributed by atoms with van der Waals surface area (Å²) in [5.74, 6) is -0.288. The second-order valence-corrected chi connectivity index (χ2v) is 5.27. The summed E-state index contributed by atoms with van der Waals surface area (Å²) in [6, 6.07) is 9.01. The fourth-order valence-electron chi connectivity index (χ4n) is 2.65. The molecule has 118 valence electrons. The number of hydrogen-bond acceptors (Lipinski definition) is 4. The fourth-order valence-corrected chi connectivity index (χ4v) is 2.65. The Labute approximate surface area is 134 Å². The number of rotatable bonds is 4. The van der Waals surface area contributed by atoms with Crippen LogP contribution in [0.4, 0.5) is 11.4 Å². The summed E-state index contributed by atoms with van der Waals surface area (Å²) in [5.41, 5.74) is 3.18. The molecule has 2 amide bonds. The molecule has 0 saturated carbocycles. The molecule has 1 aromatic carbocycles. The Kier molecular flexibility index (Phi) is 4.34. The quantitative estimate of drug-likeness (QED) is 0.935. The first kappa shape index (κ1) is 15.2. The minimum absolute atomic E-state index is 0.00323. The lowest BCUT2D eigenvalue weighted by molar-refractivity contribution is -0.119. The summed E-state index contributed by atoms with van der Waals surface area (Å²) in [6.45, 7) is 0.628. The molecule has 1 aromatic heterocycles. The van der Waals surface area contributed by atoms with Gasteiger partial charge in [0.1, 0.15) is 6.61 Å². The molecule has 0 bridgehead atoms. The van der Waals surface area contributed by atoms with Crippen LogP contribution in [0.15, 0.2) is 42.7 Å². The van der Waals surface area contributed by atoms with Crippen molar-refractivity contribution in [3.63, 3.8) is 0 Å². The summed E-state index contributed by atoms with van der Waals surface area (Å²) >= 11 is 0. The van der Waals surface area contributed by atoms with Crippen LogP contribution in [0.3, 0.4) is 0 Å². The third-order valence-corrected chi connectivity index (χ3v) is 3.71. The van der Waals surface area contributed by atoms with E-state index >= 15 is 0 Å². The van der Waals surface area contributed by atoms with Crippen LogP contribution in [0.5, 0.6) is 0 Å². The Morgan fingerprint density at radius 3 is 2.78 bits per heavy atom. The summed E-state index contributed by atoms with van der Waals surface area (Å²) in [4.78, 5) is 29.9. The summed E-state index contributed by atoms with van der Waals surface area (Å²) < 4.78 is 4.80. The van der Waals surface area contributed by atoms with Crippen LogP contribution < -0.4 is 10.2 Å². The molecule has 0 fully saturated rings. The SMILES string of the molecule is COCC(=O)Nc1ccc2c(c1)N(C(=O)c1ccncc1)CC2. The molecular formula is C17H17N3O3. The second-order valence-electron chi connectivity index (χ2n) is 5.27. The maximum absolute atomic E-state index is 12.6. The van der Waals surface area contributed by atoms with Gasteiger partial charge in [-0.3, -0.25) is 14.6 Å². The molecule has 3 rings (SSSR count).